The molecule has 3 rings (SSSR count). The second kappa shape index (κ2) is 12.3. The summed E-state index contributed by atoms with van der Waals surface area (Å²) < 4.78 is 34.1. The number of carboxylic acids is 1. The van der Waals surface area contributed by atoms with E-state index in [4.69, 9.17) is 9.84 Å². The first-order valence-electron chi connectivity index (χ1n) is 11.8. The number of carbonyl (C=O) groups excluding carboxylic acids is 1. The van der Waals surface area contributed by atoms with Gasteiger partial charge in [-0.25, -0.2) is 8.42 Å². The molecule has 1 atom stereocenters. The Balaban J connectivity index is 1.82. The fourth-order valence-electron chi connectivity index (χ4n) is 4.46. The normalized spacial score (nSPS) is 15.4. The summed E-state index contributed by atoms with van der Waals surface area (Å²) in [5.74, 6) is -0.770. The Labute approximate surface area is 206 Å². The van der Waals surface area contributed by atoms with Crippen LogP contribution in [-0.4, -0.2) is 66.3 Å². The number of aromatic nitrogens is 2. The van der Waals surface area contributed by atoms with Crippen LogP contribution < -0.4 is 5.32 Å². The fourth-order valence-corrected chi connectivity index (χ4v) is 5.88. The summed E-state index contributed by atoms with van der Waals surface area (Å²) in [4.78, 5) is 24.3. The van der Waals surface area contributed by atoms with Crippen molar-refractivity contribution in [1.82, 2.24) is 14.1 Å². The summed E-state index contributed by atoms with van der Waals surface area (Å²) >= 11 is 0. The number of nitrogens with zero attached hydrogens (tertiary/aromatic N) is 3. The number of benzene rings is 1. The highest BCUT2D eigenvalue weighted by Gasteiger charge is 2.29. The lowest BCUT2D eigenvalue weighted by atomic mass is 9.87. The van der Waals surface area contributed by atoms with Crippen molar-refractivity contribution in [2.24, 2.45) is 13.0 Å². The SMILES string of the molecule is COCCN(CCC(=O)O)S(=O)(=O)c1ccc([C@@H](CC2CCCC2)C(=O)Nc2ccn(C)n2)cc1. The van der Waals surface area contributed by atoms with Gasteiger partial charge in [0.05, 0.1) is 23.8 Å². The third-order valence-electron chi connectivity index (χ3n) is 6.37. The van der Waals surface area contributed by atoms with Crippen LogP contribution in [0.3, 0.4) is 0 Å². The van der Waals surface area contributed by atoms with Crippen LogP contribution >= 0.6 is 0 Å². The molecule has 1 heterocycles. The number of carboxylic acid groups (broad SMARTS) is 1. The lowest BCUT2D eigenvalue weighted by Gasteiger charge is -2.23. The number of amides is 1. The minimum Gasteiger partial charge on any atom is -0.481 e. The van der Waals surface area contributed by atoms with Crippen molar-refractivity contribution in [3.8, 4) is 0 Å². The Bertz CT molecular complexity index is 1090. The van der Waals surface area contributed by atoms with E-state index in [0.29, 0.717) is 18.2 Å². The highest BCUT2D eigenvalue weighted by atomic mass is 32.2. The largest absolute Gasteiger partial charge is 0.481 e. The first-order chi connectivity index (χ1) is 16.7. The van der Waals surface area contributed by atoms with Crippen molar-refractivity contribution in [3.63, 3.8) is 0 Å². The Morgan fingerprint density at radius 3 is 2.46 bits per heavy atom. The number of carbonyl (C=O) groups is 2. The van der Waals surface area contributed by atoms with E-state index in [2.05, 4.69) is 10.4 Å². The quantitative estimate of drug-likeness (QED) is 0.427. The first kappa shape index (κ1) is 26.8. The topological polar surface area (TPSA) is 131 Å². The Morgan fingerprint density at radius 1 is 1.20 bits per heavy atom. The molecule has 35 heavy (non-hydrogen) atoms. The summed E-state index contributed by atoms with van der Waals surface area (Å²) in [7, 11) is -0.693. The molecule has 1 saturated carbocycles. The molecular formula is C24H34N4O6S. The van der Waals surface area contributed by atoms with Gasteiger partial charge in [0.25, 0.3) is 0 Å². The van der Waals surface area contributed by atoms with Crippen LogP contribution in [0.2, 0.25) is 0 Å². The monoisotopic (exact) mass is 506 g/mol. The molecule has 2 N–H and O–H groups in total. The molecule has 1 aromatic carbocycles. The highest BCUT2D eigenvalue weighted by Crippen LogP contribution is 2.35. The van der Waals surface area contributed by atoms with E-state index in [1.165, 1.54) is 19.2 Å². The van der Waals surface area contributed by atoms with E-state index < -0.39 is 21.9 Å². The Morgan fingerprint density at radius 2 is 1.89 bits per heavy atom. The van der Waals surface area contributed by atoms with Crippen LogP contribution in [0.5, 0.6) is 0 Å². The maximum Gasteiger partial charge on any atom is 0.304 e. The van der Waals surface area contributed by atoms with Gasteiger partial charge in [-0.05, 0) is 30.0 Å². The number of rotatable bonds is 13. The van der Waals surface area contributed by atoms with Gasteiger partial charge in [-0.1, -0.05) is 37.8 Å². The molecule has 0 spiro atoms. The predicted octanol–water partition coefficient (Wildman–Crippen LogP) is 2.83. The van der Waals surface area contributed by atoms with Gasteiger partial charge in [-0.2, -0.15) is 9.40 Å². The minimum atomic E-state index is -3.92. The number of hydrogen-bond acceptors (Lipinski definition) is 6. The first-order valence-corrected chi connectivity index (χ1v) is 13.3. The van der Waals surface area contributed by atoms with Crippen LogP contribution in [0.15, 0.2) is 41.4 Å². The second-order valence-corrected chi connectivity index (χ2v) is 10.9. The summed E-state index contributed by atoms with van der Waals surface area (Å²) in [5, 5.41) is 16.1. The zero-order chi connectivity index (χ0) is 25.4. The summed E-state index contributed by atoms with van der Waals surface area (Å²) in [6.45, 7) is 0.0400. The molecule has 1 aromatic heterocycles. The summed E-state index contributed by atoms with van der Waals surface area (Å²) in [6.07, 6.45) is 6.60. The van der Waals surface area contributed by atoms with E-state index in [9.17, 15) is 18.0 Å². The maximum atomic E-state index is 13.2. The van der Waals surface area contributed by atoms with Gasteiger partial charge in [-0.15, -0.1) is 0 Å². The summed E-state index contributed by atoms with van der Waals surface area (Å²) in [6, 6.07) is 8.06. The van der Waals surface area contributed by atoms with Gasteiger partial charge in [0, 0.05) is 39.5 Å². The molecule has 1 fully saturated rings. The van der Waals surface area contributed by atoms with E-state index in [-0.39, 0.29) is 36.9 Å². The second-order valence-electron chi connectivity index (χ2n) is 8.91. The summed E-state index contributed by atoms with van der Waals surface area (Å²) in [5.41, 5.74) is 0.734. The van der Waals surface area contributed by atoms with Gasteiger partial charge in [0.1, 0.15) is 0 Å². The van der Waals surface area contributed by atoms with E-state index in [1.807, 2.05) is 0 Å². The zero-order valence-corrected chi connectivity index (χ0v) is 21.0. The maximum absolute atomic E-state index is 13.2. The number of aryl methyl sites for hydroxylation is 1. The van der Waals surface area contributed by atoms with Crippen LogP contribution in [0.4, 0.5) is 5.82 Å². The van der Waals surface area contributed by atoms with Crippen LogP contribution in [0.1, 0.15) is 50.0 Å². The van der Waals surface area contributed by atoms with Crippen molar-refractivity contribution in [3.05, 3.63) is 42.1 Å². The molecule has 2 aromatic rings. The average Bonchev–Trinajstić information content (AvgIpc) is 3.48. The third kappa shape index (κ3) is 7.36. The smallest absolute Gasteiger partial charge is 0.304 e. The number of ether oxygens (including phenoxy) is 1. The molecule has 0 unspecified atom stereocenters. The fraction of sp³-hybridized carbons (Fsp3) is 0.542. The lowest BCUT2D eigenvalue weighted by Crippen LogP contribution is -2.35. The molecule has 0 radical (unpaired) electrons. The number of aliphatic carboxylic acids is 1. The molecular weight excluding hydrogens is 472 g/mol. The Hall–Kier alpha value is -2.76. The van der Waals surface area contributed by atoms with Crippen molar-refractivity contribution in [1.29, 1.82) is 0 Å². The van der Waals surface area contributed by atoms with E-state index >= 15 is 0 Å². The van der Waals surface area contributed by atoms with Crippen LogP contribution in [0, 0.1) is 5.92 Å². The van der Waals surface area contributed by atoms with Crippen molar-refractivity contribution < 1.29 is 27.9 Å². The molecule has 1 aliphatic carbocycles. The highest BCUT2D eigenvalue weighted by molar-refractivity contribution is 7.89. The molecule has 11 heteroatoms. The molecule has 0 bridgehead atoms. The number of sulfonamides is 1. The lowest BCUT2D eigenvalue weighted by molar-refractivity contribution is -0.137. The van der Waals surface area contributed by atoms with Gasteiger partial charge in [-0.3, -0.25) is 14.3 Å². The van der Waals surface area contributed by atoms with Gasteiger partial charge >= 0.3 is 5.97 Å². The molecule has 1 aliphatic rings. The standard InChI is InChI=1S/C24H34N4O6S/c1-27-13-11-22(26-27)25-24(31)21(17-18-5-3-4-6-18)19-7-9-20(10-8-19)35(32,33)28(15-16-34-2)14-12-23(29)30/h7-11,13,18,21H,3-6,12,14-17H2,1-2H3,(H,29,30)(H,25,26,31)/t21-/m1/s1. The van der Waals surface area contributed by atoms with E-state index in [1.54, 1.807) is 36.1 Å². The van der Waals surface area contributed by atoms with Gasteiger partial charge < -0.3 is 15.2 Å². The van der Waals surface area contributed by atoms with Crippen molar-refractivity contribution in [2.75, 3.05) is 32.1 Å². The Kier molecular flexibility index (Phi) is 9.41. The predicted molar refractivity (Wildman–Crippen MR) is 130 cm³/mol. The van der Waals surface area contributed by atoms with Crippen molar-refractivity contribution >= 4 is 27.7 Å². The number of anilines is 1. The van der Waals surface area contributed by atoms with Crippen LogP contribution in [-0.2, 0) is 31.4 Å². The average molecular weight is 507 g/mol. The molecule has 10 nitrogen and oxygen atoms in total. The van der Waals surface area contributed by atoms with E-state index in [0.717, 1.165) is 35.6 Å². The molecule has 0 aliphatic heterocycles. The number of hydrogen-bond donors (Lipinski definition) is 2. The number of nitrogens with one attached hydrogen (secondary N) is 1. The van der Waals surface area contributed by atoms with Gasteiger partial charge in [0.15, 0.2) is 5.82 Å². The molecule has 192 valence electrons. The zero-order valence-electron chi connectivity index (χ0n) is 20.2. The molecule has 0 saturated heterocycles. The minimum absolute atomic E-state index is 0.0463. The van der Waals surface area contributed by atoms with Gasteiger partial charge in [0.2, 0.25) is 15.9 Å². The third-order valence-corrected chi connectivity index (χ3v) is 8.28. The van der Waals surface area contributed by atoms with Crippen LogP contribution in [0.25, 0.3) is 0 Å². The molecule has 1 amide bonds. The van der Waals surface area contributed by atoms with Crippen molar-refractivity contribution in [2.45, 2.75) is 49.3 Å². The number of methoxy groups -OCH3 is 1.